The van der Waals surface area contributed by atoms with Gasteiger partial charge in [-0.2, -0.15) is 0 Å². The number of fused-ring (bicyclic) bond motifs is 1. The molecule has 0 aliphatic carbocycles. The zero-order chi connectivity index (χ0) is 14.2. The zero-order valence-electron chi connectivity index (χ0n) is 12.0. The third kappa shape index (κ3) is 1.61. The lowest BCUT2D eigenvalue weighted by Gasteiger charge is -2.28. The second-order valence-electron chi connectivity index (χ2n) is 5.40. The van der Waals surface area contributed by atoms with E-state index in [9.17, 15) is 4.79 Å². The van der Waals surface area contributed by atoms with E-state index in [0.29, 0.717) is 0 Å². The van der Waals surface area contributed by atoms with E-state index in [2.05, 4.69) is 25.1 Å². The van der Waals surface area contributed by atoms with Crippen molar-refractivity contribution in [1.82, 2.24) is 0 Å². The fraction of sp³-hybridized carbons (Fsp3) is 0.278. The molecule has 0 aromatic heterocycles. The van der Waals surface area contributed by atoms with Gasteiger partial charge in [-0.25, -0.2) is 0 Å². The molecule has 0 saturated carbocycles. The average molecular weight is 265 g/mol. The van der Waals surface area contributed by atoms with E-state index in [1.165, 1.54) is 0 Å². The largest absolute Gasteiger partial charge is 0.314 e. The Morgan fingerprint density at radius 3 is 2.35 bits per heavy atom. The molecule has 1 atom stereocenters. The molecule has 0 saturated heterocycles. The molecule has 0 radical (unpaired) electrons. The summed E-state index contributed by atoms with van der Waals surface area (Å²) in [4.78, 5) is 14.8. The lowest BCUT2D eigenvalue weighted by Crippen LogP contribution is -2.39. The van der Waals surface area contributed by atoms with Gasteiger partial charge < -0.3 is 4.90 Å². The number of likely N-dealkylation sites (N-methyl/N-ethyl adjacent to an activating group) is 1. The van der Waals surface area contributed by atoms with Gasteiger partial charge in [0, 0.05) is 12.7 Å². The summed E-state index contributed by atoms with van der Waals surface area (Å²) in [5, 5.41) is 0. The SMILES string of the molecule is CCCC1(c2ccccc2)C(=O)N(C)c2ccccc21. The molecule has 0 bridgehead atoms. The van der Waals surface area contributed by atoms with Gasteiger partial charge in [-0.3, -0.25) is 4.79 Å². The van der Waals surface area contributed by atoms with Gasteiger partial charge in [-0.05, 0) is 23.6 Å². The van der Waals surface area contributed by atoms with Crippen molar-refractivity contribution in [2.24, 2.45) is 0 Å². The van der Waals surface area contributed by atoms with Gasteiger partial charge in [0.15, 0.2) is 0 Å². The van der Waals surface area contributed by atoms with E-state index >= 15 is 0 Å². The van der Waals surface area contributed by atoms with Crippen LogP contribution in [0.4, 0.5) is 5.69 Å². The molecule has 1 aliphatic heterocycles. The molecular formula is C18H19NO. The first-order chi connectivity index (χ1) is 9.71. The molecule has 2 aromatic rings. The number of anilines is 1. The van der Waals surface area contributed by atoms with Crippen molar-refractivity contribution < 1.29 is 4.79 Å². The minimum atomic E-state index is -0.513. The summed E-state index contributed by atoms with van der Waals surface area (Å²) in [7, 11) is 1.88. The molecule has 2 heteroatoms. The maximum Gasteiger partial charge on any atom is 0.241 e. The molecule has 1 amide bonds. The highest BCUT2D eigenvalue weighted by molar-refractivity contribution is 6.10. The summed E-state index contributed by atoms with van der Waals surface area (Å²) >= 11 is 0. The fourth-order valence-electron chi connectivity index (χ4n) is 3.40. The normalized spacial score (nSPS) is 21.1. The molecule has 1 aliphatic rings. The summed E-state index contributed by atoms with van der Waals surface area (Å²) in [5.74, 6) is 0.187. The molecule has 1 unspecified atom stereocenters. The van der Waals surface area contributed by atoms with Crippen molar-refractivity contribution in [3.05, 3.63) is 65.7 Å². The summed E-state index contributed by atoms with van der Waals surface area (Å²) < 4.78 is 0. The van der Waals surface area contributed by atoms with E-state index in [1.54, 1.807) is 4.90 Å². The second-order valence-corrected chi connectivity index (χ2v) is 5.40. The highest BCUT2D eigenvalue weighted by atomic mass is 16.2. The van der Waals surface area contributed by atoms with E-state index < -0.39 is 5.41 Å². The quantitative estimate of drug-likeness (QED) is 0.827. The number of para-hydroxylation sites is 1. The van der Waals surface area contributed by atoms with Gasteiger partial charge >= 0.3 is 0 Å². The molecule has 2 aromatic carbocycles. The zero-order valence-corrected chi connectivity index (χ0v) is 12.0. The minimum absolute atomic E-state index is 0.187. The minimum Gasteiger partial charge on any atom is -0.314 e. The summed E-state index contributed by atoms with van der Waals surface area (Å²) in [6.07, 6.45) is 1.82. The molecule has 1 heterocycles. The molecule has 3 rings (SSSR count). The van der Waals surface area contributed by atoms with Crippen LogP contribution < -0.4 is 4.90 Å². The number of nitrogens with zero attached hydrogens (tertiary/aromatic N) is 1. The smallest absolute Gasteiger partial charge is 0.241 e. The Morgan fingerprint density at radius 1 is 1.00 bits per heavy atom. The number of carbonyl (C=O) groups excluding carboxylic acids is 1. The van der Waals surface area contributed by atoms with Crippen LogP contribution in [0.25, 0.3) is 0 Å². The van der Waals surface area contributed by atoms with Gasteiger partial charge in [-0.1, -0.05) is 61.9 Å². The number of hydrogen-bond donors (Lipinski definition) is 0. The van der Waals surface area contributed by atoms with Crippen LogP contribution in [0.15, 0.2) is 54.6 Å². The molecule has 102 valence electrons. The Kier molecular flexibility index (Phi) is 3.09. The third-order valence-corrected chi connectivity index (χ3v) is 4.29. The standard InChI is InChI=1S/C18H19NO/c1-3-13-18(14-9-5-4-6-10-14)15-11-7-8-12-16(15)19(2)17(18)20/h4-12H,3,13H2,1-2H3. The number of hydrogen-bond acceptors (Lipinski definition) is 1. The maximum atomic E-state index is 13.0. The summed E-state index contributed by atoms with van der Waals surface area (Å²) in [6, 6.07) is 18.3. The van der Waals surface area contributed by atoms with Crippen LogP contribution in [0, 0.1) is 0 Å². The number of benzene rings is 2. The van der Waals surface area contributed by atoms with Gasteiger partial charge in [0.05, 0.1) is 0 Å². The van der Waals surface area contributed by atoms with Crippen LogP contribution in [-0.2, 0) is 10.2 Å². The summed E-state index contributed by atoms with van der Waals surface area (Å²) in [6.45, 7) is 2.14. The highest BCUT2D eigenvalue weighted by Gasteiger charge is 2.49. The molecular weight excluding hydrogens is 246 g/mol. The van der Waals surface area contributed by atoms with Crippen LogP contribution >= 0.6 is 0 Å². The lowest BCUT2D eigenvalue weighted by atomic mass is 9.72. The van der Waals surface area contributed by atoms with Crippen molar-refractivity contribution in [3.63, 3.8) is 0 Å². The maximum absolute atomic E-state index is 13.0. The van der Waals surface area contributed by atoms with Crippen molar-refractivity contribution in [3.8, 4) is 0 Å². The number of carbonyl (C=O) groups is 1. The average Bonchev–Trinajstić information content (AvgIpc) is 2.72. The van der Waals surface area contributed by atoms with Crippen molar-refractivity contribution in [1.29, 1.82) is 0 Å². The van der Waals surface area contributed by atoms with Gasteiger partial charge in [-0.15, -0.1) is 0 Å². The monoisotopic (exact) mass is 265 g/mol. The molecule has 2 nitrogen and oxygen atoms in total. The van der Waals surface area contributed by atoms with E-state index in [-0.39, 0.29) is 5.91 Å². The van der Waals surface area contributed by atoms with E-state index in [1.807, 2.05) is 43.4 Å². The van der Waals surface area contributed by atoms with Crippen LogP contribution in [0.1, 0.15) is 30.9 Å². The van der Waals surface area contributed by atoms with Crippen molar-refractivity contribution >= 4 is 11.6 Å². The third-order valence-electron chi connectivity index (χ3n) is 4.29. The molecule has 0 fully saturated rings. The Morgan fingerprint density at radius 2 is 1.65 bits per heavy atom. The Hall–Kier alpha value is -2.09. The number of rotatable bonds is 3. The summed E-state index contributed by atoms with van der Waals surface area (Å²) in [5.41, 5.74) is 2.76. The molecule has 0 spiro atoms. The van der Waals surface area contributed by atoms with E-state index in [0.717, 1.165) is 29.7 Å². The second kappa shape index (κ2) is 4.78. The van der Waals surface area contributed by atoms with Crippen LogP contribution in [-0.4, -0.2) is 13.0 Å². The van der Waals surface area contributed by atoms with Gasteiger partial charge in [0.2, 0.25) is 5.91 Å². The Labute approximate surface area is 120 Å². The van der Waals surface area contributed by atoms with Gasteiger partial charge in [0.1, 0.15) is 5.41 Å². The highest BCUT2D eigenvalue weighted by Crippen LogP contribution is 2.48. The number of amides is 1. The first kappa shape index (κ1) is 12.9. The first-order valence-electron chi connectivity index (χ1n) is 7.15. The van der Waals surface area contributed by atoms with Gasteiger partial charge in [0.25, 0.3) is 0 Å². The van der Waals surface area contributed by atoms with Crippen molar-refractivity contribution in [2.75, 3.05) is 11.9 Å². The van der Waals surface area contributed by atoms with Crippen LogP contribution in [0.3, 0.4) is 0 Å². The topological polar surface area (TPSA) is 20.3 Å². The van der Waals surface area contributed by atoms with E-state index in [4.69, 9.17) is 0 Å². The Bertz CT molecular complexity index is 635. The molecule has 20 heavy (non-hydrogen) atoms. The lowest BCUT2D eigenvalue weighted by molar-refractivity contribution is -0.121. The van der Waals surface area contributed by atoms with Crippen LogP contribution in [0.2, 0.25) is 0 Å². The first-order valence-corrected chi connectivity index (χ1v) is 7.15. The predicted molar refractivity (Wildman–Crippen MR) is 82.0 cm³/mol. The predicted octanol–water partition coefficient (Wildman–Crippen LogP) is 3.75. The Balaban J connectivity index is 2.28. The molecule has 0 N–H and O–H groups in total. The van der Waals surface area contributed by atoms with Crippen molar-refractivity contribution in [2.45, 2.75) is 25.2 Å². The van der Waals surface area contributed by atoms with Crippen LogP contribution in [0.5, 0.6) is 0 Å². The fourth-order valence-corrected chi connectivity index (χ4v) is 3.40.